The van der Waals surface area contributed by atoms with Gasteiger partial charge >= 0.3 is 0 Å². The second-order valence-corrected chi connectivity index (χ2v) is 6.64. The highest BCUT2D eigenvalue weighted by Gasteiger charge is 2.33. The summed E-state index contributed by atoms with van der Waals surface area (Å²) in [5.74, 6) is 1.89. The SMILES string of the molecule is Cn1c(CC2CCN(C(=O)C3CCOC3)C2)nc2cccnc21. The molecular formula is C17H22N4O2. The minimum Gasteiger partial charge on any atom is -0.381 e. The van der Waals surface area contributed by atoms with Gasteiger partial charge in [-0.05, 0) is 30.9 Å². The molecule has 2 atom stereocenters. The summed E-state index contributed by atoms with van der Waals surface area (Å²) in [6, 6.07) is 3.91. The molecule has 2 aliphatic rings. The maximum atomic E-state index is 12.5. The van der Waals surface area contributed by atoms with Crippen LogP contribution in [0, 0.1) is 11.8 Å². The first kappa shape index (κ1) is 14.6. The Kier molecular flexibility index (Phi) is 3.77. The quantitative estimate of drug-likeness (QED) is 0.859. The van der Waals surface area contributed by atoms with Crippen LogP contribution in [0.25, 0.3) is 11.2 Å². The number of fused-ring (bicyclic) bond motifs is 1. The summed E-state index contributed by atoms with van der Waals surface area (Å²) in [5.41, 5.74) is 1.87. The number of carbonyl (C=O) groups excluding carboxylic acids is 1. The van der Waals surface area contributed by atoms with E-state index in [2.05, 4.69) is 9.55 Å². The highest BCUT2D eigenvalue weighted by molar-refractivity contribution is 5.79. The zero-order chi connectivity index (χ0) is 15.8. The second-order valence-electron chi connectivity index (χ2n) is 6.64. The van der Waals surface area contributed by atoms with Crippen LogP contribution in [-0.4, -0.2) is 51.6 Å². The maximum absolute atomic E-state index is 12.5. The Labute approximate surface area is 135 Å². The molecule has 6 heteroatoms. The summed E-state index contributed by atoms with van der Waals surface area (Å²) in [6.07, 6.45) is 4.62. The highest BCUT2D eigenvalue weighted by atomic mass is 16.5. The van der Waals surface area contributed by atoms with Crippen molar-refractivity contribution < 1.29 is 9.53 Å². The van der Waals surface area contributed by atoms with Crippen LogP contribution in [0.3, 0.4) is 0 Å². The van der Waals surface area contributed by atoms with E-state index >= 15 is 0 Å². The van der Waals surface area contributed by atoms with Gasteiger partial charge in [0.05, 0.1) is 12.5 Å². The lowest BCUT2D eigenvalue weighted by Gasteiger charge is -2.19. The van der Waals surface area contributed by atoms with E-state index < -0.39 is 0 Å². The van der Waals surface area contributed by atoms with Gasteiger partial charge < -0.3 is 14.2 Å². The van der Waals surface area contributed by atoms with Crippen molar-refractivity contribution in [1.82, 2.24) is 19.4 Å². The fourth-order valence-electron chi connectivity index (χ4n) is 3.70. The number of rotatable bonds is 3. The van der Waals surface area contributed by atoms with Crippen molar-refractivity contribution in [2.75, 3.05) is 26.3 Å². The third kappa shape index (κ3) is 2.72. The fourth-order valence-corrected chi connectivity index (χ4v) is 3.70. The number of imidazole rings is 1. The Morgan fingerprint density at radius 2 is 2.35 bits per heavy atom. The van der Waals surface area contributed by atoms with Gasteiger partial charge in [-0.3, -0.25) is 4.79 Å². The predicted molar refractivity (Wildman–Crippen MR) is 85.8 cm³/mol. The summed E-state index contributed by atoms with van der Waals surface area (Å²) in [6.45, 7) is 3.02. The van der Waals surface area contributed by atoms with Crippen LogP contribution in [0.1, 0.15) is 18.7 Å². The van der Waals surface area contributed by atoms with Gasteiger partial charge in [0.15, 0.2) is 5.65 Å². The number of pyridine rings is 1. The summed E-state index contributed by atoms with van der Waals surface area (Å²) >= 11 is 0. The van der Waals surface area contributed by atoms with E-state index in [4.69, 9.17) is 9.72 Å². The van der Waals surface area contributed by atoms with E-state index in [1.54, 1.807) is 6.20 Å². The number of nitrogens with zero attached hydrogens (tertiary/aromatic N) is 4. The summed E-state index contributed by atoms with van der Waals surface area (Å²) in [5, 5.41) is 0. The van der Waals surface area contributed by atoms with Crippen molar-refractivity contribution in [2.24, 2.45) is 18.9 Å². The van der Waals surface area contributed by atoms with Gasteiger partial charge in [0.1, 0.15) is 11.3 Å². The number of hydrogen-bond donors (Lipinski definition) is 0. The Balaban J connectivity index is 1.43. The largest absolute Gasteiger partial charge is 0.381 e. The first-order valence-electron chi connectivity index (χ1n) is 8.35. The van der Waals surface area contributed by atoms with Crippen LogP contribution >= 0.6 is 0 Å². The number of amides is 1. The van der Waals surface area contributed by atoms with Gasteiger partial charge in [-0.2, -0.15) is 0 Å². The first-order valence-corrected chi connectivity index (χ1v) is 8.35. The Hall–Kier alpha value is -1.95. The van der Waals surface area contributed by atoms with Gasteiger partial charge in [-0.1, -0.05) is 0 Å². The third-order valence-corrected chi connectivity index (χ3v) is 5.07. The Morgan fingerprint density at radius 1 is 1.43 bits per heavy atom. The predicted octanol–water partition coefficient (Wildman–Crippen LogP) is 1.40. The molecule has 0 aromatic carbocycles. The molecular weight excluding hydrogens is 292 g/mol. The van der Waals surface area contributed by atoms with Crippen molar-refractivity contribution in [3.05, 3.63) is 24.2 Å². The highest BCUT2D eigenvalue weighted by Crippen LogP contribution is 2.25. The second kappa shape index (κ2) is 5.92. The molecule has 2 unspecified atom stereocenters. The maximum Gasteiger partial charge on any atom is 0.228 e. The molecule has 0 radical (unpaired) electrons. The van der Waals surface area contributed by atoms with Gasteiger partial charge in [0.2, 0.25) is 5.91 Å². The molecule has 0 bridgehead atoms. The number of aromatic nitrogens is 3. The van der Waals surface area contributed by atoms with Crippen LogP contribution in [0.5, 0.6) is 0 Å². The van der Waals surface area contributed by atoms with Crippen LogP contribution in [0.2, 0.25) is 0 Å². The monoisotopic (exact) mass is 314 g/mol. The van der Waals surface area contributed by atoms with E-state index in [1.165, 1.54) is 0 Å². The molecule has 2 aromatic heterocycles. The number of likely N-dealkylation sites (tertiary alicyclic amines) is 1. The molecule has 0 aliphatic carbocycles. The Morgan fingerprint density at radius 3 is 3.13 bits per heavy atom. The number of carbonyl (C=O) groups is 1. The molecule has 2 aromatic rings. The lowest BCUT2D eigenvalue weighted by molar-refractivity contribution is -0.134. The average Bonchev–Trinajstić information content (AvgIpc) is 3.29. The molecule has 23 heavy (non-hydrogen) atoms. The van der Waals surface area contributed by atoms with Gasteiger partial charge in [0.25, 0.3) is 0 Å². The van der Waals surface area contributed by atoms with Gasteiger partial charge in [0, 0.05) is 39.4 Å². The molecule has 0 spiro atoms. The zero-order valence-corrected chi connectivity index (χ0v) is 13.4. The lowest BCUT2D eigenvalue weighted by atomic mass is 10.0. The normalized spacial score (nSPS) is 24.7. The number of hydrogen-bond acceptors (Lipinski definition) is 4. The Bertz CT molecular complexity index is 720. The van der Waals surface area contributed by atoms with Crippen LogP contribution < -0.4 is 0 Å². The van der Waals surface area contributed by atoms with Crippen LogP contribution in [0.4, 0.5) is 0 Å². The van der Waals surface area contributed by atoms with E-state index in [0.29, 0.717) is 12.5 Å². The van der Waals surface area contributed by atoms with Crippen molar-refractivity contribution in [1.29, 1.82) is 0 Å². The van der Waals surface area contributed by atoms with E-state index in [0.717, 1.165) is 55.9 Å². The molecule has 0 N–H and O–H groups in total. The topological polar surface area (TPSA) is 60.2 Å². The molecule has 4 rings (SSSR count). The summed E-state index contributed by atoms with van der Waals surface area (Å²) in [7, 11) is 2.02. The van der Waals surface area contributed by atoms with Crippen molar-refractivity contribution in [2.45, 2.75) is 19.3 Å². The van der Waals surface area contributed by atoms with Crippen LogP contribution in [-0.2, 0) is 23.0 Å². The summed E-state index contributed by atoms with van der Waals surface area (Å²) < 4.78 is 7.42. The average molecular weight is 314 g/mol. The van der Waals surface area contributed by atoms with Crippen molar-refractivity contribution in [3.8, 4) is 0 Å². The molecule has 1 amide bonds. The number of aryl methyl sites for hydroxylation is 1. The fraction of sp³-hybridized carbons (Fsp3) is 0.588. The van der Waals surface area contributed by atoms with Crippen molar-refractivity contribution >= 4 is 17.1 Å². The van der Waals surface area contributed by atoms with E-state index in [9.17, 15) is 4.79 Å². The molecule has 4 heterocycles. The lowest BCUT2D eigenvalue weighted by Crippen LogP contribution is -2.34. The third-order valence-electron chi connectivity index (χ3n) is 5.07. The first-order chi connectivity index (χ1) is 11.2. The van der Waals surface area contributed by atoms with Gasteiger partial charge in [-0.25, -0.2) is 9.97 Å². The standard InChI is InChI=1S/C17H22N4O2/c1-20-15(19-14-3-2-6-18-16(14)20)9-12-4-7-21(10-12)17(22)13-5-8-23-11-13/h2-3,6,12-13H,4-5,7-11H2,1H3. The summed E-state index contributed by atoms with van der Waals surface area (Å²) in [4.78, 5) is 23.6. The molecule has 6 nitrogen and oxygen atoms in total. The van der Waals surface area contributed by atoms with Gasteiger partial charge in [-0.15, -0.1) is 0 Å². The van der Waals surface area contributed by atoms with E-state index in [-0.39, 0.29) is 11.8 Å². The zero-order valence-electron chi connectivity index (χ0n) is 13.4. The minimum absolute atomic E-state index is 0.0775. The van der Waals surface area contributed by atoms with E-state index in [1.807, 2.05) is 24.1 Å². The molecule has 2 aliphatic heterocycles. The molecule has 122 valence electrons. The van der Waals surface area contributed by atoms with Crippen molar-refractivity contribution in [3.63, 3.8) is 0 Å². The molecule has 2 saturated heterocycles. The minimum atomic E-state index is 0.0775. The molecule has 0 saturated carbocycles. The van der Waals surface area contributed by atoms with Crippen LogP contribution in [0.15, 0.2) is 18.3 Å². The molecule has 2 fully saturated rings. The number of ether oxygens (including phenoxy) is 1. The smallest absolute Gasteiger partial charge is 0.228 e.